The highest BCUT2D eigenvalue weighted by Crippen LogP contribution is 2.13. The summed E-state index contributed by atoms with van der Waals surface area (Å²) in [6.45, 7) is 4.45. The van der Waals surface area contributed by atoms with Crippen molar-refractivity contribution in [1.82, 2.24) is 4.90 Å². The first-order valence-electron chi connectivity index (χ1n) is 6.73. The molecular formula is C16H18FNOS. The van der Waals surface area contributed by atoms with E-state index >= 15 is 0 Å². The minimum absolute atomic E-state index is 0.132. The predicted molar refractivity (Wildman–Crippen MR) is 80.6 cm³/mol. The van der Waals surface area contributed by atoms with Crippen LogP contribution in [0.15, 0.2) is 41.8 Å². The molecule has 0 bridgehead atoms. The average molecular weight is 291 g/mol. The fourth-order valence-electron chi connectivity index (χ4n) is 2.05. The van der Waals surface area contributed by atoms with Gasteiger partial charge in [0.2, 0.25) is 0 Å². The highest BCUT2D eigenvalue weighted by atomic mass is 32.1. The van der Waals surface area contributed by atoms with Gasteiger partial charge in [-0.3, -0.25) is 9.69 Å². The molecule has 0 saturated carbocycles. The van der Waals surface area contributed by atoms with E-state index in [0.29, 0.717) is 13.0 Å². The molecule has 20 heavy (non-hydrogen) atoms. The monoisotopic (exact) mass is 291 g/mol. The summed E-state index contributed by atoms with van der Waals surface area (Å²) in [6, 6.07) is 10.3. The molecule has 1 aromatic carbocycles. The first-order valence-corrected chi connectivity index (χ1v) is 7.61. The van der Waals surface area contributed by atoms with Crippen LogP contribution in [0.3, 0.4) is 0 Å². The van der Waals surface area contributed by atoms with Crippen LogP contribution in [-0.4, -0.2) is 23.8 Å². The summed E-state index contributed by atoms with van der Waals surface area (Å²) in [4.78, 5) is 15.5. The first-order chi connectivity index (χ1) is 9.70. The largest absolute Gasteiger partial charge is 0.298 e. The van der Waals surface area contributed by atoms with Gasteiger partial charge in [0.1, 0.15) is 5.82 Å². The van der Waals surface area contributed by atoms with Crippen LogP contribution in [0.2, 0.25) is 0 Å². The Hall–Kier alpha value is -1.52. The summed E-state index contributed by atoms with van der Waals surface area (Å²) in [5, 5.41) is 2.05. The Morgan fingerprint density at radius 2 is 2.05 bits per heavy atom. The van der Waals surface area contributed by atoms with Crippen LogP contribution >= 0.6 is 11.3 Å². The van der Waals surface area contributed by atoms with Gasteiger partial charge < -0.3 is 0 Å². The van der Waals surface area contributed by atoms with E-state index in [2.05, 4.69) is 17.9 Å². The van der Waals surface area contributed by atoms with E-state index < -0.39 is 5.82 Å². The van der Waals surface area contributed by atoms with Gasteiger partial charge in [-0.05, 0) is 30.1 Å². The topological polar surface area (TPSA) is 20.3 Å². The summed E-state index contributed by atoms with van der Waals surface area (Å²) in [5.41, 5.74) is 0.194. The van der Waals surface area contributed by atoms with Crippen LogP contribution < -0.4 is 0 Å². The predicted octanol–water partition coefficient (Wildman–Crippen LogP) is 3.98. The van der Waals surface area contributed by atoms with Crippen molar-refractivity contribution in [1.29, 1.82) is 0 Å². The number of ketones is 1. The van der Waals surface area contributed by atoms with Crippen molar-refractivity contribution < 1.29 is 9.18 Å². The summed E-state index contributed by atoms with van der Waals surface area (Å²) in [7, 11) is 0. The van der Waals surface area contributed by atoms with Gasteiger partial charge in [0.05, 0.1) is 5.56 Å². The number of hydrogen-bond donors (Lipinski definition) is 0. The fourth-order valence-corrected chi connectivity index (χ4v) is 2.80. The molecule has 2 rings (SSSR count). The van der Waals surface area contributed by atoms with Crippen LogP contribution in [0.4, 0.5) is 4.39 Å². The van der Waals surface area contributed by atoms with Crippen LogP contribution in [0.5, 0.6) is 0 Å². The van der Waals surface area contributed by atoms with E-state index in [-0.39, 0.29) is 11.3 Å². The molecule has 1 aromatic heterocycles. The minimum Gasteiger partial charge on any atom is -0.298 e. The number of carbonyl (C=O) groups excluding carboxylic acids is 1. The summed E-state index contributed by atoms with van der Waals surface area (Å²) in [6.07, 6.45) is 0.347. The van der Waals surface area contributed by atoms with Gasteiger partial charge in [0.25, 0.3) is 0 Å². The first kappa shape index (κ1) is 14.9. The SMILES string of the molecule is CCN(CCC(=O)c1ccccc1F)Cc1cccs1. The number of benzene rings is 1. The summed E-state index contributed by atoms with van der Waals surface area (Å²) in [5.74, 6) is -0.563. The second-order valence-corrected chi connectivity index (χ2v) is 5.63. The molecule has 0 aliphatic heterocycles. The Morgan fingerprint density at radius 1 is 1.25 bits per heavy atom. The highest BCUT2D eigenvalue weighted by Gasteiger charge is 2.13. The van der Waals surface area contributed by atoms with Crippen LogP contribution in [-0.2, 0) is 6.54 Å². The molecule has 0 aliphatic rings. The van der Waals surface area contributed by atoms with E-state index in [4.69, 9.17) is 0 Å². The van der Waals surface area contributed by atoms with Crippen molar-refractivity contribution >= 4 is 17.1 Å². The summed E-state index contributed by atoms with van der Waals surface area (Å²) < 4.78 is 13.5. The summed E-state index contributed by atoms with van der Waals surface area (Å²) >= 11 is 1.71. The zero-order valence-electron chi connectivity index (χ0n) is 11.5. The lowest BCUT2D eigenvalue weighted by molar-refractivity contribution is 0.0960. The Labute approximate surface area is 122 Å². The second-order valence-electron chi connectivity index (χ2n) is 4.60. The number of hydrogen-bond acceptors (Lipinski definition) is 3. The van der Waals surface area contributed by atoms with Crippen molar-refractivity contribution in [2.45, 2.75) is 19.9 Å². The molecular weight excluding hydrogens is 273 g/mol. The molecule has 4 heteroatoms. The third-order valence-corrected chi connectivity index (χ3v) is 4.10. The Kier molecular flexibility index (Phi) is 5.44. The zero-order chi connectivity index (χ0) is 14.4. The molecule has 1 heterocycles. The molecule has 2 nitrogen and oxygen atoms in total. The maximum atomic E-state index is 13.5. The van der Waals surface area contributed by atoms with Gasteiger partial charge in [-0.1, -0.05) is 25.1 Å². The molecule has 0 saturated heterocycles. The van der Waals surface area contributed by atoms with E-state index in [9.17, 15) is 9.18 Å². The normalized spacial score (nSPS) is 10.9. The maximum Gasteiger partial charge on any atom is 0.167 e. The molecule has 0 atom stereocenters. The highest BCUT2D eigenvalue weighted by molar-refractivity contribution is 7.09. The van der Waals surface area contributed by atoms with Crippen molar-refractivity contribution in [2.24, 2.45) is 0 Å². The molecule has 0 aliphatic carbocycles. The second kappa shape index (κ2) is 7.31. The molecule has 0 N–H and O–H groups in total. The Balaban J connectivity index is 1.90. The standard InChI is InChI=1S/C16H18FNOS/c1-2-18(12-13-6-5-11-20-13)10-9-16(19)14-7-3-4-8-15(14)17/h3-8,11H,2,9-10,12H2,1H3. The number of nitrogens with zero attached hydrogens (tertiary/aromatic N) is 1. The number of thiophene rings is 1. The quantitative estimate of drug-likeness (QED) is 0.719. The fraction of sp³-hybridized carbons (Fsp3) is 0.312. The van der Waals surface area contributed by atoms with Crippen LogP contribution in [0.25, 0.3) is 0 Å². The third-order valence-electron chi connectivity index (χ3n) is 3.24. The Morgan fingerprint density at radius 3 is 2.70 bits per heavy atom. The lowest BCUT2D eigenvalue weighted by Crippen LogP contribution is -2.25. The number of rotatable bonds is 7. The van der Waals surface area contributed by atoms with Crippen molar-refractivity contribution in [2.75, 3.05) is 13.1 Å². The minimum atomic E-state index is -0.432. The lowest BCUT2D eigenvalue weighted by Gasteiger charge is -2.19. The molecule has 0 fully saturated rings. The average Bonchev–Trinajstić information content (AvgIpc) is 2.96. The number of halogens is 1. The molecule has 106 valence electrons. The van der Waals surface area contributed by atoms with Crippen molar-refractivity contribution in [3.63, 3.8) is 0 Å². The number of Topliss-reactive ketones (excluding diaryl/α,β-unsaturated/α-hetero) is 1. The molecule has 0 amide bonds. The van der Waals surface area contributed by atoms with Crippen LogP contribution in [0.1, 0.15) is 28.6 Å². The third kappa shape index (κ3) is 3.99. The van der Waals surface area contributed by atoms with Crippen molar-refractivity contribution in [3.8, 4) is 0 Å². The van der Waals surface area contributed by atoms with Gasteiger partial charge >= 0.3 is 0 Å². The zero-order valence-corrected chi connectivity index (χ0v) is 12.3. The van der Waals surface area contributed by atoms with E-state index in [1.54, 1.807) is 29.5 Å². The van der Waals surface area contributed by atoms with Gasteiger partial charge in [-0.15, -0.1) is 11.3 Å². The van der Waals surface area contributed by atoms with Gasteiger partial charge in [-0.25, -0.2) is 4.39 Å². The van der Waals surface area contributed by atoms with E-state index in [1.807, 2.05) is 11.4 Å². The molecule has 0 unspecified atom stereocenters. The van der Waals surface area contributed by atoms with E-state index in [1.165, 1.54) is 10.9 Å². The van der Waals surface area contributed by atoms with Crippen molar-refractivity contribution in [3.05, 3.63) is 58.0 Å². The van der Waals surface area contributed by atoms with Gasteiger partial charge in [0.15, 0.2) is 5.78 Å². The smallest absolute Gasteiger partial charge is 0.167 e. The van der Waals surface area contributed by atoms with Crippen LogP contribution in [0, 0.1) is 5.82 Å². The van der Waals surface area contributed by atoms with E-state index in [0.717, 1.165) is 13.1 Å². The lowest BCUT2D eigenvalue weighted by atomic mass is 10.1. The number of carbonyl (C=O) groups is 1. The maximum absolute atomic E-state index is 13.5. The molecule has 0 radical (unpaired) electrons. The molecule has 0 spiro atoms. The Bertz CT molecular complexity index is 553. The molecule has 2 aromatic rings. The van der Waals surface area contributed by atoms with Gasteiger partial charge in [0, 0.05) is 24.4 Å². The van der Waals surface area contributed by atoms with Gasteiger partial charge in [-0.2, -0.15) is 0 Å².